The van der Waals surface area contributed by atoms with E-state index in [2.05, 4.69) is 5.32 Å². The Morgan fingerprint density at radius 2 is 1.89 bits per heavy atom. The molecular weight excluding hydrogens is 365 g/mol. The summed E-state index contributed by atoms with van der Waals surface area (Å²) < 4.78 is 41.6. The van der Waals surface area contributed by atoms with Crippen LogP contribution < -0.4 is 5.32 Å². The first-order chi connectivity index (χ1) is 13.3. The van der Waals surface area contributed by atoms with E-state index in [1.54, 1.807) is 6.07 Å². The van der Waals surface area contributed by atoms with Crippen LogP contribution in [0.3, 0.4) is 0 Å². The summed E-state index contributed by atoms with van der Waals surface area (Å²) in [6, 6.07) is 13.0. The van der Waals surface area contributed by atoms with Crippen molar-refractivity contribution in [2.24, 2.45) is 7.05 Å². The van der Waals surface area contributed by atoms with Crippen molar-refractivity contribution >= 4 is 16.8 Å². The maximum atomic E-state index is 13.2. The molecular formula is C22H23F3N2O. The minimum atomic E-state index is -4.43. The number of amides is 1. The van der Waals surface area contributed by atoms with Gasteiger partial charge in [0.05, 0.1) is 5.56 Å². The van der Waals surface area contributed by atoms with E-state index >= 15 is 0 Å². The van der Waals surface area contributed by atoms with E-state index in [0.29, 0.717) is 12.1 Å². The number of halogens is 3. The Labute approximate surface area is 162 Å². The van der Waals surface area contributed by atoms with Gasteiger partial charge < -0.3 is 9.88 Å². The molecule has 1 heterocycles. The van der Waals surface area contributed by atoms with Crippen molar-refractivity contribution in [3.8, 4) is 0 Å². The Morgan fingerprint density at radius 3 is 2.61 bits per heavy atom. The molecule has 148 valence electrons. The monoisotopic (exact) mass is 388 g/mol. The molecule has 1 amide bonds. The van der Waals surface area contributed by atoms with E-state index in [1.165, 1.54) is 6.07 Å². The molecule has 0 radical (unpaired) electrons. The second-order valence-corrected chi connectivity index (χ2v) is 6.94. The Bertz CT molecular complexity index is 975. The van der Waals surface area contributed by atoms with Crippen LogP contribution in [0.5, 0.6) is 0 Å². The van der Waals surface area contributed by atoms with Gasteiger partial charge in [-0.3, -0.25) is 4.79 Å². The van der Waals surface area contributed by atoms with E-state index in [1.807, 2.05) is 49.0 Å². The molecule has 1 atom stereocenters. The molecule has 3 nitrogen and oxygen atoms in total. The number of alkyl halides is 3. The summed E-state index contributed by atoms with van der Waals surface area (Å²) in [4.78, 5) is 12.4. The average molecular weight is 388 g/mol. The summed E-state index contributed by atoms with van der Waals surface area (Å²) in [5.41, 5.74) is 1.61. The van der Waals surface area contributed by atoms with E-state index < -0.39 is 17.7 Å². The SMILES string of the molecule is CCCNC(=O)C[C@H](c1cccc(C(F)(F)F)c1)c1cn(C)c2ccccc12. The lowest BCUT2D eigenvalue weighted by Crippen LogP contribution is -2.26. The highest BCUT2D eigenvalue weighted by Gasteiger charge is 2.32. The van der Waals surface area contributed by atoms with Gasteiger partial charge in [0.25, 0.3) is 0 Å². The minimum absolute atomic E-state index is 0.0926. The second kappa shape index (κ2) is 8.09. The van der Waals surface area contributed by atoms with Crippen molar-refractivity contribution < 1.29 is 18.0 Å². The molecule has 0 aliphatic heterocycles. The largest absolute Gasteiger partial charge is 0.416 e. The Balaban J connectivity index is 2.09. The lowest BCUT2D eigenvalue weighted by atomic mass is 9.87. The number of aromatic nitrogens is 1. The van der Waals surface area contributed by atoms with E-state index in [9.17, 15) is 18.0 Å². The topological polar surface area (TPSA) is 34.0 Å². The lowest BCUT2D eigenvalue weighted by molar-refractivity contribution is -0.137. The maximum Gasteiger partial charge on any atom is 0.416 e. The van der Waals surface area contributed by atoms with E-state index in [-0.39, 0.29) is 12.3 Å². The van der Waals surface area contributed by atoms with Gasteiger partial charge in [-0.2, -0.15) is 13.2 Å². The molecule has 0 bridgehead atoms. The molecule has 0 saturated heterocycles. The summed E-state index contributed by atoms with van der Waals surface area (Å²) in [7, 11) is 1.90. The molecule has 0 spiro atoms. The molecule has 1 aromatic heterocycles. The van der Waals surface area contributed by atoms with Crippen LogP contribution >= 0.6 is 0 Å². The van der Waals surface area contributed by atoms with Crippen molar-refractivity contribution in [1.29, 1.82) is 0 Å². The summed E-state index contributed by atoms with van der Waals surface area (Å²) in [5, 5.41) is 3.77. The second-order valence-electron chi connectivity index (χ2n) is 6.94. The number of nitrogens with one attached hydrogen (secondary N) is 1. The van der Waals surface area contributed by atoms with Crippen molar-refractivity contribution in [2.75, 3.05) is 6.54 Å². The van der Waals surface area contributed by atoms with Crippen LogP contribution in [-0.2, 0) is 18.0 Å². The average Bonchev–Trinajstić information content (AvgIpc) is 3.01. The van der Waals surface area contributed by atoms with Gasteiger partial charge in [-0.1, -0.05) is 43.3 Å². The van der Waals surface area contributed by atoms with Crippen LogP contribution in [0, 0.1) is 0 Å². The normalized spacial score (nSPS) is 12.9. The smallest absolute Gasteiger partial charge is 0.356 e. The van der Waals surface area contributed by atoms with Crippen molar-refractivity contribution in [3.05, 3.63) is 71.4 Å². The minimum Gasteiger partial charge on any atom is -0.356 e. The number of aryl methyl sites for hydroxylation is 1. The maximum absolute atomic E-state index is 13.2. The molecule has 3 rings (SSSR count). The highest BCUT2D eigenvalue weighted by molar-refractivity contribution is 5.86. The fourth-order valence-corrected chi connectivity index (χ4v) is 3.51. The zero-order chi connectivity index (χ0) is 20.3. The molecule has 0 saturated carbocycles. The van der Waals surface area contributed by atoms with Gasteiger partial charge in [-0.05, 0) is 29.7 Å². The van der Waals surface area contributed by atoms with Crippen LogP contribution in [0.2, 0.25) is 0 Å². The number of nitrogens with zero attached hydrogens (tertiary/aromatic N) is 1. The third-order valence-electron chi connectivity index (χ3n) is 4.88. The first kappa shape index (κ1) is 20.0. The Hall–Kier alpha value is -2.76. The molecule has 0 unspecified atom stereocenters. The first-order valence-corrected chi connectivity index (χ1v) is 9.29. The fraction of sp³-hybridized carbons (Fsp3) is 0.318. The summed E-state index contributed by atoms with van der Waals surface area (Å²) in [5.74, 6) is -0.637. The lowest BCUT2D eigenvalue weighted by Gasteiger charge is -2.19. The molecule has 1 N–H and O–H groups in total. The van der Waals surface area contributed by atoms with E-state index in [4.69, 9.17) is 0 Å². The third kappa shape index (κ3) is 4.21. The molecule has 0 fully saturated rings. The molecule has 0 aliphatic carbocycles. The van der Waals surface area contributed by atoms with Gasteiger partial charge in [0, 0.05) is 43.0 Å². The zero-order valence-corrected chi connectivity index (χ0v) is 15.9. The zero-order valence-electron chi connectivity index (χ0n) is 15.9. The molecule has 2 aromatic carbocycles. The third-order valence-corrected chi connectivity index (χ3v) is 4.88. The van der Waals surface area contributed by atoms with Gasteiger partial charge in [0.15, 0.2) is 0 Å². The highest BCUT2D eigenvalue weighted by atomic mass is 19.4. The molecule has 28 heavy (non-hydrogen) atoms. The standard InChI is InChI=1S/C22H23F3N2O/c1-3-11-26-21(28)13-18(15-7-6-8-16(12-15)22(23,24)25)19-14-27(2)20-10-5-4-9-17(19)20/h4-10,12,14,18H,3,11,13H2,1-2H3,(H,26,28)/t18-/m1/s1. The van der Waals surface area contributed by atoms with Crippen LogP contribution in [0.15, 0.2) is 54.7 Å². The van der Waals surface area contributed by atoms with Crippen LogP contribution in [0.4, 0.5) is 13.2 Å². The summed E-state index contributed by atoms with van der Waals surface area (Å²) in [6.45, 7) is 2.50. The molecule has 6 heteroatoms. The Kier molecular flexibility index (Phi) is 5.77. The molecule has 3 aromatic rings. The number of benzene rings is 2. The molecule has 0 aliphatic rings. The van der Waals surface area contributed by atoms with Gasteiger partial charge in [-0.15, -0.1) is 0 Å². The predicted octanol–water partition coefficient (Wildman–Crippen LogP) is 5.25. The Morgan fingerprint density at radius 1 is 1.14 bits per heavy atom. The summed E-state index contributed by atoms with van der Waals surface area (Å²) >= 11 is 0. The van der Waals surface area contributed by atoms with Crippen LogP contribution in [0.1, 0.15) is 42.4 Å². The van der Waals surface area contributed by atoms with Crippen molar-refractivity contribution in [1.82, 2.24) is 9.88 Å². The highest BCUT2D eigenvalue weighted by Crippen LogP contribution is 2.37. The quantitative estimate of drug-likeness (QED) is 0.615. The fourth-order valence-electron chi connectivity index (χ4n) is 3.51. The van der Waals surface area contributed by atoms with Gasteiger partial charge in [-0.25, -0.2) is 0 Å². The number of rotatable bonds is 6. The summed E-state index contributed by atoms with van der Waals surface area (Å²) in [6.07, 6.45) is -1.63. The number of carbonyl (C=O) groups excluding carboxylic acids is 1. The van der Waals surface area contributed by atoms with Crippen LogP contribution in [-0.4, -0.2) is 17.0 Å². The van der Waals surface area contributed by atoms with Crippen LogP contribution in [0.25, 0.3) is 10.9 Å². The van der Waals surface area contributed by atoms with Gasteiger partial charge in [0.2, 0.25) is 5.91 Å². The number of hydrogen-bond acceptors (Lipinski definition) is 1. The van der Waals surface area contributed by atoms with Gasteiger partial charge in [0.1, 0.15) is 0 Å². The number of carbonyl (C=O) groups is 1. The first-order valence-electron chi connectivity index (χ1n) is 9.29. The number of fused-ring (bicyclic) bond motifs is 1. The number of para-hydroxylation sites is 1. The van der Waals surface area contributed by atoms with Crippen molar-refractivity contribution in [2.45, 2.75) is 31.9 Å². The van der Waals surface area contributed by atoms with E-state index in [0.717, 1.165) is 35.0 Å². The van der Waals surface area contributed by atoms with Gasteiger partial charge >= 0.3 is 6.18 Å². The number of hydrogen-bond donors (Lipinski definition) is 1. The van der Waals surface area contributed by atoms with Crippen molar-refractivity contribution in [3.63, 3.8) is 0 Å². The predicted molar refractivity (Wildman–Crippen MR) is 104 cm³/mol.